The van der Waals surface area contributed by atoms with Crippen molar-refractivity contribution in [3.05, 3.63) is 72.8 Å². The van der Waals surface area contributed by atoms with E-state index in [0.29, 0.717) is 34.4 Å². The Morgan fingerprint density at radius 1 is 0.577 bits per heavy atom. The molecule has 0 unspecified atom stereocenters. The molecule has 0 saturated heterocycles. The van der Waals surface area contributed by atoms with Crippen molar-refractivity contribution in [1.29, 1.82) is 0 Å². The summed E-state index contributed by atoms with van der Waals surface area (Å²) >= 11 is 0. The number of isocyanates is 2. The highest BCUT2D eigenvalue weighted by Gasteiger charge is 2.07. The molecule has 3 rings (SSSR count). The van der Waals surface area contributed by atoms with Gasteiger partial charge in [-0.3, -0.25) is 0 Å². The predicted molar refractivity (Wildman–Crippen MR) is 95.0 cm³/mol. The number of benzene rings is 3. The van der Waals surface area contributed by atoms with E-state index in [-0.39, 0.29) is 0 Å². The van der Waals surface area contributed by atoms with Crippen LogP contribution in [-0.4, -0.2) is 12.2 Å². The van der Waals surface area contributed by atoms with E-state index in [9.17, 15) is 9.59 Å². The minimum atomic E-state index is 0.495. The van der Waals surface area contributed by atoms with E-state index in [0.717, 1.165) is 0 Å². The van der Waals surface area contributed by atoms with E-state index in [1.165, 1.54) is 12.2 Å². The summed E-state index contributed by atoms with van der Waals surface area (Å²) in [4.78, 5) is 27.6. The third-order valence-electron chi connectivity index (χ3n) is 3.33. The summed E-state index contributed by atoms with van der Waals surface area (Å²) in [6.45, 7) is 0. The van der Waals surface area contributed by atoms with Crippen molar-refractivity contribution < 1.29 is 19.1 Å². The van der Waals surface area contributed by atoms with Gasteiger partial charge in [-0.2, -0.15) is 9.98 Å². The van der Waals surface area contributed by atoms with E-state index in [1.54, 1.807) is 60.7 Å². The molecule has 0 aliphatic heterocycles. The maximum atomic E-state index is 10.3. The van der Waals surface area contributed by atoms with Gasteiger partial charge in [0.1, 0.15) is 11.5 Å². The lowest BCUT2D eigenvalue weighted by atomic mass is 10.3. The first-order valence-corrected chi connectivity index (χ1v) is 7.59. The Morgan fingerprint density at radius 3 is 1.31 bits per heavy atom. The molecule has 0 N–H and O–H groups in total. The van der Waals surface area contributed by atoms with Gasteiger partial charge < -0.3 is 9.47 Å². The minimum Gasteiger partial charge on any atom is -0.453 e. The Hall–Kier alpha value is -3.98. The van der Waals surface area contributed by atoms with E-state index < -0.39 is 0 Å². The van der Waals surface area contributed by atoms with Gasteiger partial charge >= 0.3 is 0 Å². The van der Waals surface area contributed by atoms with Gasteiger partial charge in [-0.05, 0) is 60.7 Å². The Morgan fingerprint density at radius 2 is 0.962 bits per heavy atom. The topological polar surface area (TPSA) is 77.3 Å². The van der Waals surface area contributed by atoms with Gasteiger partial charge in [-0.1, -0.05) is 12.1 Å². The number of nitrogens with zero attached hydrogens (tertiary/aromatic N) is 2. The molecule has 0 spiro atoms. The summed E-state index contributed by atoms with van der Waals surface area (Å²) < 4.78 is 11.7. The fraction of sp³-hybridized carbons (Fsp3) is 0. The van der Waals surface area contributed by atoms with Crippen LogP contribution in [0.15, 0.2) is 82.8 Å². The van der Waals surface area contributed by atoms with Crippen molar-refractivity contribution >= 4 is 23.5 Å². The Bertz CT molecular complexity index is 903. The van der Waals surface area contributed by atoms with Crippen molar-refractivity contribution in [2.75, 3.05) is 0 Å². The number of hydrogen-bond donors (Lipinski definition) is 0. The van der Waals surface area contributed by atoms with E-state index >= 15 is 0 Å². The summed E-state index contributed by atoms with van der Waals surface area (Å²) in [6, 6.07) is 20.6. The van der Waals surface area contributed by atoms with Gasteiger partial charge in [-0.15, -0.1) is 0 Å². The highest BCUT2D eigenvalue weighted by Crippen LogP contribution is 2.35. The third kappa shape index (κ3) is 4.30. The molecule has 0 fully saturated rings. The second-order valence-electron chi connectivity index (χ2n) is 5.04. The molecule has 0 aliphatic carbocycles. The minimum absolute atomic E-state index is 0.495. The maximum absolute atomic E-state index is 10.3. The van der Waals surface area contributed by atoms with E-state index in [4.69, 9.17) is 9.47 Å². The van der Waals surface area contributed by atoms with Gasteiger partial charge in [0.05, 0.1) is 11.4 Å². The molecular weight excluding hydrogens is 332 g/mol. The lowest BCUT2D eigenvalue weighted by Gasteiger charge is -2.12. The Labute approximate surface area is 149 Å². The van der Waals surface area contributed by atoms with Crippen LogP contribution in [-0.2, 0) is 9.59 Å². The number of ether oxygens (including phenoxy) is 2. The van der Waals surface area contributed by atoms with Crippen LogP contribution >= 0.6 is 0 Å². The molecule has 0 aliphatic rings. The van der Waals surface area contributed by atoms with E-state index in [1.807, 2.05) is 12.1 Å². The van der Waals surface area contributed by atoms with Gasteiger partial charge in [0.2, 0.25) is 12.2 Å². The number of aliphatic imine (C=N–C) groups is 2. The predicted octanol–water partition coefficient (Wildman–Crippen LogP) is 5.21. The summed E-state index contributed by atoms with van der Waals surface area (Å²) in [5, 5.41) is 0. The maximum Gasteiger partial charge on any atom is 0.240 e. The lowest BCUT2D eigenvalue weighted by Crippen LogP contribution is -1.90. The fourth-order valence-corrected chi connectivity index (χ4v) is 2.16. The number of rotatable bonds is 6. The van der Waals surface area contributed by atoms with Crippen molar-refractivity contribution in [1.82, 2.24) is 0 Å². The zero-order valence-corrected chi connectivity index (χ0v) is 13.5. The number of hydrogen-bond acceptors (Lipinski definition) is 6. The van der Waals surface area contributed by atoms with Gasteiger partial charge in [0.25, 0.3) is 0 Å². The van der Waals surface area contributed by atoms with Crippen LogP contribution in [0.2, 0.25) is 0 Å². The SMILES string of the molecule is O=C=Nc1ccc(Oc2ccccc2Oc2ccc(N=C=O)cc2)cc1. The van der Waals surface area contributed by atoms with Crippen molar-refractivity contribution in [3.63, 3.8) is 0 Å². The monoisotopic (exact) mass is 344 g/mol. The zero-order valence-electron chi connectivity index (χ0n) is 13.5. The van der Waals surface area contributed by atoms with Crippen LogP contribution < -0.4 is 9.47 Å². The first-order valence-electron chi connectivity index (χ1n) is 7.59. The van der Waals surface area contributed by atoms with Crippen molar-refractivity contribution in [2.45, 2.75) is 0 Å². The molecular formula is C20H12N2O4. The van der Waals surface area contributed by atoms with Crippen LogP contribution in [0.4, 0.5) is 11.4 Å². The molecule has 0 saturated carbocycles. The highest BCUT2D eigenvalue weighted by molar-refractivity contribution is 5.53. The molecule has 6 heteroatoms. The molecule has 6 nitrogen and oxygen atoms in total. The van der Waals surface area contributed by atoms with Crippen LogP contribution in [0, 0.1) is 0 Å². The Kier molecular flexibility index (Phi) is 5.33. The molecule has 3 aromatic rings. The van der Waals surface area contributed by atoms with Gasteiger partial charge in [0.15, 0.2) is 11.5 Å². The van der Waals surface area contributed by atoms with Gasteiger partial charge in [-0.25, -0.2) is 9.59 Å². The van der Waals surface area contributed by atoms with Crippen molar-refractivity contribution in [3.8, 4) is 23.0 Å². The van der Waals surface area contributed by atoms with Crippen LogP contribution in [0.1, 0.15) is 0 Å². The summed E-state index contributed by atoms with van der Waals surface area (Å²) in [6.07, 6.45) is 2.98. The van der Waals surface area contributed by atoms with Gasteiger partial charge in [0, 0.05) is 0 Å². The van der Waals surface area contributed by atoms with Crippen LogP contribution in [0.5, 0.6) is 23.0 Å². The Balaban J connectivity index is 1.79. The molecule has 0 heterocycles. The third-order valence-corrected chi connectivity index (χ3v) is 3.33. The molecule has 0 radical (unpaired) electrons. The smallest absolute Gasteiger partial charge is 0.240 e. The van der Waals surface area contributed by atoms with Crippen molar-refractivity contribution in [2.24, 2.45) is 9.98 Å². The number of para-hydroxylation sites is 2. The first-order chi connectivity index (χ1) is 12.8. The summed E-state index contributed by atoms with van der Waals surface area (Å²) in [7, 11) is 0. The van der Waals surface area contributed by atoms with E-state index in [2.05, 4.69) is 9.98 Å². The molecule has 0 aromatic heterocycles. The molecule has 26 heavy (non-hydrogen) atoms. The largest absolute Gasteiger partial charge is 0.453 e. The average molecular weight is 344 g/mol. The molecule has 3 aromatic carbocycles. The first kappa shape index (κ1) is 16.9. The second kappa shape index (κ2) is 8.22. The molecule has 0 atom stereocenters. The average Bonchev–Trinajstić information content (AvgIpc) is 2.67. The normalized spacial score (nSPS) is 9.54. The fourth-order valence-electron chi connectivity index (χ4n) is 2.16. The molecule has 0 bridgehead atoms. The molecule has 126 valence electrons. The quantitative estimate of drug-likeness (QED) is 0.454. The lowest BCUT2D eigenvalue weighted by molar-refractivity contribution is 0.419. The molecule has 0 amide bonds. The summed E-state index contributed by atoms with van der Waals surface area (Å²) in [5.41, 5.74) is 0.991. The van der Waals surface area contributed by atoms with Crippen LogP contribution in [0.3, 0.4) is 0 Å². The second-order valence-corrected chi connectivity index (χ2v) is 5.04. The summed E-state index contributed by atoms with van der Waals surface area (Å²) in [5.74, 6) is 2.19. The standard InChI is InChI=1S/C20H12N2O4/c23-13-21-15-5-9-17(10-6-15)25-19-3-1-2-4-20(19)26-18-11-7-16(8-12-18)22-14-24/h1-12H. The highest BCUT2D eigenvalue weighted by atomic mass is 16.5. The van der Waals surface area contributed by atoms with Crippen LogP contribution in [0.25, 0.3) is 0 Å². The number of carbonyl (C=O) groups excluding carboxylic acids is 2. The zero-order chi connectivity index (χ0) is 18.2.